The topological polar surface area (TPSA) is 57.0 Å². The van der Waals surface area contributed by atoms with Crippen LogP contribution in [0.1, 0.15) is 46.3 Å². The Morgan fingerprint density at radius 1 is 1.12 bits per heavy atom. The van der Waals surface area contributed by atoms with Gasteiger partial charge in [0.2, 0.25) is 0 Å². The molecule has 0 N–H and O–H groups in total. The maximum atomic E-state index is 12.5. The molecule has 0 spiro atoms. The highest BCUT2D eigenvalue weighted by atomic mass is 35.5. The van der Waals surface area contributed by atoms with Gasteiger partial charge in [0.05, 0.1) is 0 Å². The smallest absolute Gasteiger partial charge is 0.193 e. The lowest BCUT2D eigenvalue weighted by atomic mass is 10.0. The second-order valence-corrected chi connectivity index (χ2v) is 6.87. The number of carbonyl (C=O) groups excluding carboxylic acids is 1. The van der Waals surface area contributed by atoms with Crippen LogP contribution in [0.25, 0.3) is 0 Å². The Morgan fingerprint density at radius 2 is 1.73 bits per heavy atom. The number of aryl methyl sites for hydroxylation is 1. The van der Waals surface area contributed by atoms with E-state index >= 15 is 0 Å². The van der Waals surface area contributed by atoms with E-state index in [1.54, 1.807) is 53.2 Å². The minimum absolute atomic E-state index is 0.0457. The van der Waals surface area contributed by atoms with Gasteiger partial charge in [0, 0.05) is 29.1 Å². The summed E-state index contributed by atoms with van der Waals surface area (Å²) in [5, 5.41) is 5.04. The largest absolute Gasteiger partial charge is 0.486 e. The second-order valence-electron chi connectivity index (χ2n) is 6.43. The van der Waals surface area contributed by atoms with Crippen LogP contribution in [0.15, 0.2) is 48.5 Å². The molecule has 1 aliphatic rings. The molecule has 5 nitrogen and oxygen atoms in total. The molecule has 1 aromatic heterocycles. The van der Waals surface area contributed by atoms with Crippen molar-refractivity contribution >= 4 is 17.4 Å². The van der Waals surface area contributed by atoms with Crippen molar-refractivity contribution in [3.63, 3.8) is 0 Å². The molecular weight excluding hydrogens is 350 g/mol. The first-order chi connectivity index (χ1) is 12.6. The Kier molecular flexibility index (Phi) is 4.47. The molecule has 3 aromatic rings. The quantitative estimate of drug-likeness (QED) is 0.614. The minimum atomic E-state index is -0.0457. The van der Waals surface area contributed by atoms with E-state index in [1.807, 2.05) is 7.05 Å². The van der Waals surface area contributed by atoms with Gasteiger partial charge in [0.15, 0.2) is 17.4 Å². The van der Waals surface area contributed by atoms with Crippen molar-refractivity contribution in [3.05, 3.63) is 76.3 Å². The lowest BCUT2D eigenvalue weighted by molar-refractivity contribution is 0.103. The van der Waals surface area contributed by atoms with Crippen molar-refractivity contribution in [2.24, 2.45) is 7.05 Å². The van der Waals surface area contributed by atoms with Crippen molar-refractivity contribution in [3.8, 4) is 5.75 Å². The zero-order valence-corrected chi connectivity index (χ0v) is 15.1. The number of hydrogen-bond donors (Lipinski definition) is 0. The maximum Gasteiger partial charge on any atom is 0.193 e. The molecule has 0 aliphatic heterocycles. The zero-order valence-electron chi connectivity index (χ0n) is 14.4. The highest BCUT2D eigenvalue weighted by molar-refractivity contribution is 6.30. The SMILES string of the molecule is Cn1nc(C2CC2)nc1COc1ccc(C(=O)c2ccc(Cl)cc2)cc1. The van der Waals surface area contributed by atoms with Crippen molar-refractivity contribution in [1.29, 1.82) is 0 Å². The monoisotopic (exact) mass is 367 g/mol. The van der Waals surface area contributed by atoms with Gasteiger partial charge in [-0.2, -0.15) is 5.10 Å². The Hall–Kier alpha value is -2.66. The molecule has 0 atom stereocenters. The van der Waals surface area contributed by atoms with Gasteiger partial charge in [-0.15, -0.1) is 0 Å². The van der Waals surface area contributed by atoms with E-state index in [-0.39, 0.29) is 5.78 Å². The van der Waals surface area contributed by atoms with Gasteiger partial charge in [-0.25, -0.2) is 9.67 Å². The summed E-state index contributed by atoms with van der Waals surface area (Å²) in [6.45, 7) is 0.348. The average Bonchev–Trinajstić information content (AvgIpc) is 3.44. The number of benzene rings is 2. The molecule has 2 aromatic carbocycles. The number of ether oxygens (including phenoxy) is 1. The fourth-order valence-electron chi connectivity index (χ4n) is 2.70. The normalized spacial score (nSPS) is 13.6. The molecule has 1 heterocycles. The molecule has 6 heteroatoms. The number of nitrogens with zero attached hydrogens (tertiary/aromatic N) is 3. The minimum Gasteiger partial charge on any atom is -0.486 e. The van der Waals surface area contributed by atoms with Crippen LogP contribution in [0.3, 0.4) is 0 Å². The number of halogens is 1. The van der Waals surface area contributed by atoms with Crippen LogP contribution >= 0.6 is 11.6 Å². The summed E-state index contributed by atoms with van der Waals surface area (Å²) in [6.07, 6.45) is 2.35. The van der Waals surface area contributed by atoms with E-state index in [9.17, 15) is 4.79 Å². The Bertz CT molecular complexity index is 929. The molecule has 132 valence electrons. The predicted octanol–water partition coefficient (Wildman–Crippen LogP) is 4.16. The van der Waals surface area contributed by atoms with E-state index in [0.29, 0.717) is 34.4 Å². The zero-order chi connectivity index (χ0) is 18.1. The maximum absolute atomic E-state index is 12.5. The van der Waals surface area contributed by atoms with Gasteiger partial charge < -0.3 is 4.74 Å². The number of carbonyl (C=O) groups is 1. The van der Waals surface area contributed by atoms with Crippen LogP contribution in [0, 0.1) is 0 Å². The van der Waals surface area contributed by atoms with Crippen molar-refractivity contribution in [2.75, 3.05) is 0 Å². The van der Waals surface area contributed by atoms with Crippen molar-refractivity contribution < 1.29 is 9.53 Å². The van der Waals surface area contributed by atoms with Gasteiger partial charge >= 0.3 is 0 Å². The van der Waals surface area contributed by atoms with E-state index in [2.05, 4.69) is 10.1 Å². The highest BCUT2D eigenvalue weighted by Crippen LogP contribution is 2.38. The average molecular weight is 368 g/mol. The molecule has 1 aliphatic carbocycles. The van der Waals surface area contributed by atoms with Crippen LogP contribution in [0.2, 0.25) is 5.02 Å². The molecule has 4 rings (SSSR count). The van der Waals surface area contributed by atoms with Gasteiger partial charge in [0.25, 0.3) is 0 Å². The standard InChI is InChI=1S/C20H18ClN3O2/c1-24-18(22-20(23-24)15-2-3-15)12-26-17-10-6-14(7-11-17)19(25)13-4-8-16(21)9-5-13/h4-11,15H,2-3,12H2,1H3. The van der Waals surface area contributed by atoms with Gasteiger partial charge in [-0.1, -0.05) is 11.6 Å². The van der Waals surface area contributed by atoms with E-state index < -0.39 is 0 Å². The van der Waals surface area contributed by atoms with Crippen LogP contribution in [-0.2, 0) is 13.7 Å². The predicted molar refractivity (Wildman–Crippen MR) is 98.6 cm³/mol. The summed E-state index contributed by atoms with van der Waals surface area (Å²) in [6, 6.07) is 14.0. The number of ketones is 1. The first-order valence-corrected chi connectivity index (χ1v) is 8.91. The molecule has 0 radical (unpaired) electrons. The molecule has 0 unspecified atom stereocenters. The summed E-state index contributed by atoms with van der Waals surface area (Å²) in [5.41, 5.74) is 1.21. The third kappa shape index (κ3) is 3.63. The Balaban J connectivity index is 1.41. The summed E-state index contributed by atoms with van der Waals surface area (Å²) >= 11 is 5.86. The lowest BCUT2D eigenvalue weighted by Crippen LogP contribution is -2.05. The van der Waals surface area contributed by atoms with E-state index in [1.165, 1.54) is 12.8 Å². The summed E-state index contributed by atoms with van der Waals surface area (Å²) < 4.78 is 7.56. The van der Waals surface area contributed by atoms with Crippen LogP contribution in [0.5, 0.6) is 5.75 Å². The molecule has 0 amide bonds. The fraction of sp³-hybridized carbons (Fsp3) is 0.250. The highest BCUT2D eigenvalue weighted by Gasteiger charge is 2.28. The number of rotatable bonds is 6. The van der Waals surface area contributed by atoms with Crippen LogP contribution < -0.4 is 4.74 Å². The van der Waals surface area contributed by atoms with Crippen LogP contribution in [0.4, 0.5) is 0 Å². The lowest BCUT2D eigenvalue weighted by Gasteiger charge is -2.07. The molecule has 0 bridgehead atoms. The van der Waals surface area contributed by atoms with Crippen molar-refractivity contribution in [1.82, 2.24) is 14.8 Å². The third-order valence-electron chi connectivity index (χ3n) is 4.40. The Labute approximate surface area is 156 Å². The molecular formula is C20H18ClN3O2. The van der Waals surface area contributed by atoms with Crippen LogP contribution in [-0.4, -0.2) is 20.5 Å². The third-order valence-corrected chi connectivity index (χ3v) is 4.65. The van der Waals surface area contributed by atoms with Gasteiger partial charge in [-0.3, -0.25) is 4.79 Å². The van der Waals surface area contributed by atoms with Crippen molar-refractivity contribution in [2.45, 2.75) is 25.4 Å². The summed E-state index contributed by atoms with van der Waals surface area (Å²) in [7, 11) is 1.88. The number of hydrogen-bond acceptors (Lipinski definition) is 4. The molecule has 1 saturated carbocycles. The van der Waals surface area contributed by atoms with E-state index in [0.717, 1.165) is 11.6 Å². The fourth-order valence-corrected chi connectivity index (χ4v) is 2.82. The summed E-state index contributed by atoms with van der Waals surface area (Å²) in [4.78, 5) is 17.0. The first-order valence-electron chi connectivity index (χ1n) is 8.53. The molecule has 26 heavy (non-hydrogen) atoms. The first kappa shape index (κ1) is 16.8. The number of aromatic nitrogens is 3. The molecule has 1 fully saturated rings. The van der Waals surface area contributed by atoms with E-state index in [4.69, 9.17) is 16.3 Å². The second kappa shape index (κ2) is 6.92. The Morgan fingerprint density at radius 3 is 2.35 bits per heavy atom. The van der Waals surface area contributed by atoms with Gasteiger partial charge in [0.1, 0.15) is 12.4 Å². The van der Waals surface area contributed by atoms with Gasteiger partial charge in [-0.05, 0) is 61.4 Å². The summed E-state index contributed by atoms with van der Waals surface area (Å²) in [5.74, 6) is 2.88. The molecule has 0 saturated heterocycles.